The number of hydrogen-bond donors (Lipinski definition) is 3. The van der Waals surface area contributed by atoms with Crippen molar-refractivity contribution in [3.63, 3.8) is 0 Å². The zero-order valence-electron chi connectivity index (χ0n) is 14.1. The highest BCUT2D eigenvalue weighted by molar-refractivity contribution is 6.16. The summed E-state index contributed by atoms with van der Waals surface area (Å²) >= 11 is 0. The number of carbonyl (C=O) groups excluding carboxylic acids is 2. The number of nitrogens with one attached hydrogen (secondary N) is 1. The first-order valence-corrected chi connectivity index (χ1v) is 7.63. The molecule has 3 rings (SSSR count). The van der Waals surface area contributed by atoms with Crippen LogP contribution in [-0.2, 0) is 0 Å². The lowest BCUT2D eigenvalue weighted by Crippen LogP contribution is -2.19. The average Bonchev–Trinajstić information content (AvgIpc) is 2.93. The molecule has 0 unspecified atom stereocenters. The standard InChI is InChI=1S/C18H17N3O5/c1-25-11-5-3-10(4-6-11)20-16(22)15-13-8-7-12(26-2)9-14(13)21(17(15)23)18(19)24/h3-9,23H,1-2H3,(H2,19,24)(H,20,22). The molecule has 3 aromatic rings. The molecule has 8 heteroatoms. The molecule has 0 saturated carbocycles. The van der Waals surface area contributed by atoms with Gasteiger partial charge in [-0.05, 0) is 36.4 Å². The maximum absolute atomic E-state index is 12.7. The quantitative estimate of drug-likeness (QED) is 0.665. The van der Waals surface area contributed by atoms with E-state index >= 15 is 0 Å². The summed E-state index contributed by atoms with van der Waals surface area (Å²) < 4.78 is 11.1. The third-order valence-corrected chi connectivity index (χ3v) is 3.95. The summed E-state index contributed by atoms with van der Waals surface area (Å²) in [5.41, 5.74) is 6.07. The summed E-state index contributed by atoms with van der Waals surface area (Å²) in [5, 5.41) is 13.5. The maximum atomic E-state index is 12.7. The number of rotatable bonds is 4. The first-order valence-electron chi connectivity index (χ1n) is 7.63. The minimum atomic E-state index is -0.913. The van der Waals surface area contributed by atoms with Crippen LogP contribution in [-0.4, -0.2) is 35.8 Å². The van der Waals surface area contributed by atoms with Crippen molar-refractivity contribution < 1.29 is 24.2 Å². The van der Waals surface area contributed by atoms with Crippen molar-refractivity contribution in [2.75, 3.05) is 19.5 Å². The molecule has 26 heavy (non-hydrogen) atoms. The Bertz CT molecular complexity index is 992. The van der Waals surface area contributed by atoms with Crippen LogP contribution in [0.1, 0.15) is 10.4 Å². The van der Waals surface area contributed by atoms with Crippen LogP contribution < -0.4 is 20.5 Å². The zero-order chi connectivity index (χ0) is 18.8. The van der Waals surface area contributed by atoms with Gasteiger partial charge in [-0.1, -0.05) is 0 Å². The molecule has 0 aliphatic rings. The summed E-state index contributed by atoms with van der Waals surface area (Å²) in [6.45, 7) is 0. The number of nitrogens with zero attached hydrogens (tertiary/aromatic N) is 1. The Morgan fingerprint density at radius 1 is 1.04 bits per heavy atom. The summed E-state index contributed by atoms with van der Waals surface area (Å²) in [6, 6.07) is 10.5. The molecule has 0 spiro atoms. The van der Waals surface area contributed by atoms with E-state index in [2.05, 4.69) is 5.32 Å². The molecule has 134 valence electrons. The third kappa shape index (κ3) is 2.88. The first kappa shape index (κ1) is 17.2. The Morgan fingerprint density at radius 2 is 1.65 bits per heavy atom. The van der Waals surface area contributed by atoms with E-state index in [1.165, 1.54) is 13.2 Å². The van der Waals surface area contributed by atoms with Gasteiger partial charge < -0.3 is 25.6 Å². The molecule has 0 saturated heterocycles. The smallest absolute Gasteiger partial charge is 0.326 e. The molecule has 2 aromatic carbocycles. The zero-order valence-corrected chi connectivity index (χ0v) is 14.1. The van der Waals surface area contributed by atoms with Crippen molar-refractivity contribution in [2.24, 2.45) is 5.73 Å². The van der Waals surface area contributed by atoms with Crippen molar-refractivity contribution in [2.45, 2.75) is 0 Å². The molecule has 0 aliphatic heterocycles. The van der Waals surface area contributed by atoms with Crippen molar-refractivity contribution in [3.8, 4) is 17.4 Å². The highest BCUT2D eigenvalue weighted by Crippen LogP contribution is 2.34. The summed E-state index contributed by atoms with van der Waals surface area (Å²) in [6.07, 6.45) is 0. The molecule has 0 radical (unpaired) electrons. The topological polar surface area (TPSA) is 116 Å². The van der Waals surface area contributed by atoms with Gasteiger partial charge in [0.2, 0.25) is 5.88 Å². The van der Waals surface area contributed by atoms with Crippen LogP contribution in [0.4, 0.5) is 10.5 Å². The van der Waals surface area contributed by atoms with E-state index in [4.69, 9.17) is 15.2 Å². The fourth-order valence-corrected chi connectivity index (χ4v) is 2.70. The second-order valence-electron chi connectivity index (χ2n) is 5.44. The molecule has 2 amide bonds. The molecule has 1 aromatic heterocycles. The van der Waals surface area contributed by atoms with E-state index in [1.807, 2.05) is 0 Å². The van der Waals surface area contributed by atoms with Crippen LogP contribution in [0.15, 0.2) is 42.5 Å². The largest absolute Gasteiger partial charge is 0.497 e. The van der Waals surface area contributed by atoms with Crippen molar-refractivity contribution >= 4 is 28.5 Å². The number of nitrogens with two attached hydrogens (primary N) is 1. The number of primary amides is 1. The van der Waals surface area contributed by atoms with Crippen molar-refractivity contribution in [3.05, 3.63) is 48.0 Å². The van der Waals surface area contributed by atoms with Gasteiger partial charge >= 0.3 is 6.03 Å². The number of hydrogen-bond acceptors (Lipinski definition) is 5. The Kier molecular flexibility index (Phi) is 4.40. The molecule has 0 bridgehead atoms. The first-order chi connectivity index (χ1) is 12.5. The van der Waals surface area contributed by atoms with Gasteiger partial charge in [0.25, 0.3) is 5.91 Å². The van der Waals surface area contributed by atoms with Gasteiger partial charge in [-0.3, -0.25) is 4.79 Å². The monoisotopic (exact) mass is 355 g/mol. The number of ether oxygens (including phenoxy) is 2. The van der Waals surface area contributed by atoms with Crippen molar-refractivity contribution in [1.82, 2.24) is 4.57 Å². The molecular formula is C18H17N3O5. The van der Waals surface area contributed by atoms with Gasteiger partial charge in [0, 0.05) is 17.1 Å². The van der Waals surface area contributed by atoms with Gasteiger partial charge in [0.05, 0.1) is 19.7 Å². The number of benzene rings is 2. The number of anilines is 1. The van der Waals surface area contributed by atoms with Crippen LogP contribution in [0.2, 0.25) is 0 Å². The fraction of sp³-hybridized carbons (Fsp3) is 0.111. The summed E-state index contributed by atoms with van der Waals surface area (Å²) in [7, 11) is 3.01. The number of carbonyl (C=O) groups is 2. The lowest BCUT2D eigenvalue weighted by atomic mass is 10.1. The van der Waals surface area contributed by atoms with E-state index < -0.39 is 17.8 Å². The van der Waals surface area contributed by atoms with Crippen molar-refractivity contribution in [1.29, 1.82) is 0 Å². The average molecular weight is 355 g/mol. The molecule has 8 nitrogen and oxygen atoms in total. The van der Waals surface area contributed by atoms with Gasteiger partial charge in [-0.2, -0.15) is 0 Å². The molecule has 0 fully saturated rings. The highest BCUT2D eigenvalue weighted by atomic mass is 16.5. The van der Waals surface area contributed by atoms with Gasteiger partial charge in [0.15, 0.2) is 0 Å². The fourth-order valence-electron chi connectivity index (χ4n) is 2.70. The Balaban J connectivity index is 2.06. The Labute approximate surface area is 148 Å². The van der Waals surface area contributed by atoms with E-state index in [1.54, 1.807) is 43.5 Å². The lowest BCUT2D eigenvalue weighted by Gasteiger charge is -2.06. The number of aromatic nitrogens is 1. The van der Waals surface area contributed by atoms with Crippen LogP contribution >= 0.6 is 0 Å². The van der Waals surface area contributed by atoms with E-state index in [0.29, 0.717) is 22.6 Å². The second kappa shape index (κ2) is 6.67. The molecular weight excluding hydrogens is 338 g/mol. The Morgan fingerprint density at radius 3 is 2.23 bits per heavy atom. The molecule has 1 heterocycles. The van der Waals surface area contributed by atoms with E-state index in [0.717, 1.165) is 4.57 Å². The number of aromatic hydroxyl groups is 1. The summed E-state index contributed by atoms with van der Waals surface area (Å²) in [4.78, 5) is 24.4. The Hall–Kier alpha value is -3.68. The minimum absolute atomic E-state index is 0.0581. The lowest BCUT2D eigenvalue weighted by molar-refractivity contribution is 0.102. The van der Waals surface area contributed by atoms with E-state index in [9.17, 15) is 14.7 Å². The molecule has 4 N–H and O–H groups in total. The summed E-state index contributed by atoms with van der Waals surface area (Å²) in [5.74, 6) is -0.0162. The normalized spacial score (nSPS) is 10.5. The maximum Gasteiger partial charge on any atom is 0.326 e. The highest BCUT2D eigenvalue weighted by Gasteiger charge is 2.25. The van der Waals surface area contributed by atoms with E-state index in [-0.39, 0.29) is 11.1 Å². The molecule has 0 aliphatic carbocycles. The third-order valence-electron chi connectivity index (χ3n) is 3.95. The SMILES string of the molecule is COc1ccc(NC(=O)c2c(O)n(C(N)=O)c3cc(OC)ccc23)cc1. The molecule has 0 atom stereocenters. The van der Waals surface area contributed by atoms with Crippen LogP contribution in [0, 0.1) is 0 Å². The number of methoxy groups -OCH3 is 2. The number of amides is 2. The van der Waals surface area contributed by atoms with Gasteiger partial charge in [-0.15, -0.1) is 0 Å². The predicted octanol–water partition coefficient (Wildman–Crippen LogP) is 2.54. The van der Waals surface area contributed by atoms with Gasteiger partial charge in [-0.25, -0.2) is 9.36 Å². The van der Waals surface area contributed by atoms with Crippen LogP contribution in [0.5, 0.6) is 17.4 Å². The number of fused-ring (bicyclic) bond motifs is 1. The minimum Gasteiger partial charge on any atom is -0.497 e. The van der Waals surface area contributed by atoms with Crippen LogP contribution in [0.25, 0.3) is 10.9 Å². The second-order valence-corrected chi connectivity index (χ2v) is 5.44. The van der Waals surface area contributed by atoms with Gasteiger partial charge in [0.1, 0.15) is 17.1 Å². The van der Waals surface area contributed by atoms with Crippen LogP contribution in [0.3, 0.4) is 0 Å². The predicted molar refractivity (Wildman–Crippen MR) is 96.1 cm³/mol.